The SMILES string of the molecule is N#CCc1cc(C(F)(F)F)c(C#N)c(C(F)(F)F)c1. The number of nitrogens with zero attached hydrogens (tertiary/aromatic N) is 2. The third-order valence-corrected chi connectivity index (χ3v) is 2.20. The summed E-state index contributed by atoms with van der Waals surface area (Å²) >= 11 is 0. The Balaban J connectivity index is 3.69. The third-order valence-electron chi connectivity index (χ3n) is 2.20. The van der Waals surface area contributed by atoms with Crippen molar-refractivity contribution in [3.63, 3.8) is 0 Å². The maximum atomic E-state index is 12.6. The number of alkyl halides is 6. The summed E-state index contributed by atoms with van der Waals surface area (Å²) in [6.07, 6.45) is -10.8. The van der Waals surface area contributed by atoms with Crippen LogP contribution < -0.4 is 0 Å². The van der Waals surface area contributed by atoms with E-state index < -0.39 is 41.0 Å². The minimum absolute atomic E-state index is 0.386. The standard InChI is InChI=1S/C11H4F6N2/c12-10(13,14)8-3-6(1-2-18)4-9(7(8)5-19)11(15,16)17/h3-4H,1H2. The normalized spacial score (nSPS) is 11.8. The van der Waals surface area contributed by atoms with Gasteiger partial charge in [-0.05, 0) is 17.7 Å². The van der Waals surface area contributed by atoms with Gasteiger partial charge in [0.2, 0.25) is 0 Å². The smallest absolute Gasteiger partial charge is 0.198 e. The van der Waals surface area contributed by atoms with Crippen molar-refractivity contribution in [2.24, 2.45) is 0 Å². The molecule has 0 N–H and O–H groups in total. The molecule has 0 bridgehead atoms. The predicted octanol–water partition coefficient (Wildman–Crippen LogP) is 3.66. The van der Waals surface area contributed by atoms with Gasteiger partial charge >= 0.3 is 12.4 Å². The second-order valence-electron chi connectivity index (χ2n) is 3.51. The molecule has 1 aromatic carbocycles. The first-order chi connectivity index (χ1) is 8.61. The molecule has 0 heterocycles. The van der Waals surface area contributed by atoms with Gasteiger partial charge in [0.1, 0.15) is 6.07 Å². The first-order valence-electron chi connectivity index (χ1n) is 4.69. The van der Waals surface area contributed by atoms with Crippen molar-refractivity contribution in [1.29, 1.82) is 10.5 Å². The fourth-order valence-electron chi connectivity index (χ4n) is 1.46. The monoisotopic (exact) mass is 278 g/mol. The van der Waals surface area contributed by atoms with Gasteiger partial charge < -0.3 is 0 Å². The molecule has 0 aromatic heterocycles. The topological polar surface area (TPSA) is 47.6 Å². The molecule has 0 unspecified atom stereocenters. The molecule has 100 valence electrons. The Hall–Kier alpha value is -2.22. The maximum absolute atomic E-state index is 12.6. The average Bonchev–Trinajstić information content (AvgIpc) is 2.26. The van der Waals surface area contributed by atoms with Crippen LogP contribution >= 0.6 is 0 Å². The molecule has 0 fully saturated rings. The molecular formula is C11H4F6N2. The van der Waals surface area contributed by atoms with E-state index in [0.29, 0.717) is 12.1 Å². The van der Waals surface area contributed by atoms with Gasteiger partial charge in [0, 0.05) is 0 Å². The van der Waals surface area contributed by atoms with Crippen LogP contribution in [0.25, 0.3) is 0 Å². The molecule has 2 nitrogen and oxygen atoms in total. The van der Waals surface area contributed by atoms with E-state index in [-0.39, 0.29) is 0 Å². The molecule has 0 saturated carbocycles. The summed E-state index contributed by atoms with van der Waals surface area (Å²) in [6, 6.07) is 3.16. The quantitative estimate of drug-likeness (QED) is 0.736. The predicted molar refractivity (Wildman–Crippen MR) is 50.5 cm³/mol. The highest BCUT2D eigenvalue weighted by Crippen LogP contribution is 2.39. The first-order valence-corrected chi connectivity index (χ1v) is 4.69. The molecule has 0 aliphatic heterocycles. The van der Waals surface area contributed by atoms with E-state index >= 15 is 0 Å². The van der Waals surface area contributed by atoms with Crippen molar-refractivity contribution >= 4 is 0 Å². The van der Waals surface area contributed by atoms with Crippen molar-refractivity contribution in [2.75, 3.05) is 0 Å². The number of halogens is 6. The van der Waals surface area contributed by atoms with Crippen molar-refractivity contribution in [1.82, 2.24) is 0 Å². The van der Waals surface area contributed by atoms with Gasteiger partial charge in [-0.25, -0.2) is 0 Å². The maximum Gasteiger partial charge on any atom is 0.417 e. The largest absolute Gasteiger partial charge is 0.417 e. The van der Waals surface area contributed by atoms with E-state index in [0.717, 1.165) is 6.07 Å². The lowest BCUT2D eigenvalue weighted by atomic mass is 9.96. The molecule has 0 aliphatic rings. The second kappa shape index (κ2) is 4.81. The van der Waals surface area contributed by atoms with Crippen LogP contribution in [-0.2, 0) is 18.8 Å². The van der Waals surface area contributed by atoms with E-state index in [1.54, 1.807) is 0 Å². The van der Waals surface area contributed by atoms with Crippen molar-refractivity contribution in [2.45, 2.75) is 18.8 Å². The van der Waals surface area contributed by atoms with Crippen LogP contribution in [0.3, 0.4) is 0 Å². The van der Waals surface area contributed by atoms with Gasteiger partial charge in [-0.3, -0.25) is 0 Å². The van der Waals surface area contributed by atoms with Crippen molar-refractivity contribution < 1.29 is 26.3 Å². The van der Waals surface area contributed by atoms with Gasteiger partial charge in [-0.15, -0.1) is 0 Å². The molecule has 1 aromatic rings. The fourth-order valence-corrected chi connectivity index (χ4v) is 1.46. The molecule has 0 amide bonds. The number of benzene rings is 1. The van der Waals surface area contributed by atoms with E-state index in [1.165, 1.54) is 6.07 Å². The minimum Gasteiger partial charge on any atom is -0.198 e. The van der Waals surface area contributed by atoms with Gasteiger partial charge in [0.05, 0.1) is 29.2 Å². The molecule has 0 aliphatic carbocycles. The lowest BCUT2D eigenvalue weighted by Gasteiger charge is -2.15. The van der Waals surface area contributed by atoms with Gasteiger partial charge in [0.15, 0.2) is 0 Å². The lowest BCUT2D eigenvalue weighted by Crippen LogP contribution is -2.16. The Kier molecular flexibility index (Phi) is 3.75. The summed E-state index contributed by atoms with van der Waals surface area (Å²) in [7, 11) is 0. The Labute approximate surface area is 103 Å². The zero-order chi connectivity index (χ0) is 14.8. The molecule has 0 saturated heterocycles. The van der Waals surface area contributed by atoms with Crippen LogP contribution in [0.1, 0.15) is 22.3 Å². The fraction of sp³-hybridized carbons (Fsp3) is 0.273. The first kappa shape index (κ1) is 14.8. The number of rotatable bonds is 1. The van der Waals surface area contributed by atoms with Crippen LogP contribution in [-0.4, -0.2) is 0 Å². The molecule has 0 atom stereocenters. The third kappa shape index (κ3) is 3.16. The Morgan fingerprint density at radius 2 is 1.32 bits per heavy atom. The summed E-state index contributed by atoms with van der Waals surface area (Å²) < 4.78 is 75.7. The summed E-state index contributed by atoms with van der Waals surface area (Å²) in [5.74, 6) is 0. The molecule has 1 rings (SSSR count). The Morgan fingerprint density at radius 1 is 0.895 bits per heavy atom. The summed E-state index contributed by atoms with van der Waals surface area (Å²) in [5.41, 5.74) is -5.30. The second-order valence-corrected chi connectivity index (χ2v) is 3.51. The highest BCUT2D eigenvalue weighted by molar-refractivity contribution is 5.50. The zero-order valence-corrected chi connectivity index (χ0v) is 9.02. The summed E-state index contributed by atoms with van der Waals surface area (Å²) in [5, 5.41) is 16.9. The van der Waals surface area contributed by atoms with Gasteiger partial charge in [0.25, 0.3) is 0 Å². The van der Waals surface area contributed by atoms with E-state index in [2.05, 4.69) is 0 Å². The molecule has 0 spiro atoms. The molecular weight excluding hydrogens is 274 g/mol. The Morgan fingerprint density at radius 3 is 1.58 bits per heavy atom. The van der Waals surface area contributed by atoms with Crippen LogP contribution in [0.15, 0.2) is 12.1 Å². The molecule has 8 heteroatoms. The van der Waals surface area contributed by atoms with Crippen LogP contribution in [0.4, 0.5) is 26.3 Å². The van der Waals surface area contributed by atoms with Gasteiger partial charge in [-0.2, -0.15) is 36.9 Å². The van der Waals surface area contributed by atoms with Crippen LogP contribution in [0.5, 0.6) is 0 Å². The highest BCUT2D eigenvalue weighted by atomic mass is 19.4. The van der Waals surface area contributed by atoms with E-state index in [9.17, 15) is 26.3 Å². The van der Waals surface area contributed by atoms with Crippen LogP contribution in [0.2, 0.25) is 0 Å². The number of hydrogen-bond donors (Lipinski definition) is 0. The summed E-state index contributed by atoms with van der Waals surface area (Å²) in [4.78, 5) is 0. The van der Waals surface area contributed by atoms with Crippen molar-refractivity contribution in [3.8, 4) is 12.1 Å². The van der Waals surface area contributed by atoms with Crippen molar-refractivity contribution in [3.05, 3.63) is 34.4 Å². The minimum atomic E-state index is -5.10. The number of hydrogen-bond acceptors (Lipinski definition) is 2. The molecule has 0 radical (unpaired) electrons. The van der Waals surface area contributed by atoms with Gasteiger partial charge in [-0.1, -0.05) is 0 Å². The van der Waals surface area contributed by atoms with E-state index in [1.807, 2.05) is 0 Å². The summed E-state index contributed by atoms with van der Waals surface area (Å²) in [6.45, 7) is 0. The van der Waals surface area contributed by atoms with E-state index in [4.69, 9.17) is 10.5 Å². The highest BCUT2D eigenvalue weighted by Gasteiger charge is 2.41. The zero-order valence-electron chi connectivity index (χ0n) is 9.02. The average molecular weight is 278 g/mol. The molecule has 19 heavy (non-hydrogen) atoms. The van der Waals surface area contributed by atoms with Crippen LogP contribution in [0, 0.1) is 22.7 Å². The number of nitriles is 2. The Bertz CT molecular complexity index is 536. The lowest BCUT2D eigenvalue weighted by molar-refractivity contribution is -0.143.